The van der Waals surface area contributed by atoms with Crippen molar-refractivity contribution in [1.29, 1.82) is 5.41 Å². The van der Waals surface area contributed by atoms with Gasteiger partial charge in [-0.25, -0.2) is 0 Å². The van der Waals surface area contributed by atoms with E-state index in [1.807, 2.05) is 19.1 Å². The van der Waals surface area contributed by atoms with E-state index in [0.717, 1.165) is 5.69 Å². The topological polar surface area (TPSA) is 62.2 Å². The Morgan fingerprint density at radius 3 is 2.83 bits per heavy atom. The van der Waals surface area contributed by atoms with Crippen LogP contribution in [0.25, 0.3) is 0 Å². The van der Waals surface area contributed by atoms with Crippen molar-refractivity contribution >= 4 is 23.8 Å². The van der Waals surface area contributed by atoms with Gasteiger partial charge in [0, 0.05) is 23.7 Å². The van der Waals surface area contributed by atoms with Gasteiger partial charge in [0.2, 0.25) is 0 Å². The number of hydrogen-bond donors (Lipinski definition) is 2. The molecule has 3 N–H and O–H groups in total. The molecule has 62 valence electrons. The minimum absolute atomic E-state index is 0.591. The summed E-state index contributed by atoms with van der Waals surface area (Å²) in [5, 5.41) is 7.12. The van der Waals surface area contributed by atoms with Gasteiger partial charge in [-0.3, -0.25) is 4.99 Å². The smallest absolute Gasteiger partial charge is 0.0733 e. The van der Waals surface area contributed by atoms with Crippen molar-refractivity contribution in [3.8, 4) is 0 Å². The number of nitrogens with one attached hydrogen (secondary N) is 1. The minimum atomic E-state index is 0.591. The van der Waals surface area contributed by atoms with Gasteiger partial charge in [0.05, 0.1) is 5.69 Å². The second kappa shape index (κ2) is 3.67. The van der Waals surface area contributed by atoms with Gasteiger partial charge in [-0.2, -0.15) is 0 Å². The quantitative estimate of drug-likeness (QED) is 0.505. The maximum atomic E-state index is 7.12. The number of rotatable bonds is 2. The van der Waals surface area contributed by atoms with E-state index >= 15 is 0 Å². The van der Waals surface area contributed by atoms with Gasteiger partial charge in [-0.05, 0) is 19.1 Å². The molecule has 0 aliphatic rings. The molecule has 1 aromatic rings. The first-order chi connectivity index (χ1) is 5.79. The van der Waals surface area contributed by atoms with Gasteiger partial charge < -0.3 is 11.1 Å². The molecule has 0 unspecified atom stereocenters. The number of nitrogen functional groups attached to an aromatic ring is 1. The van der Waals surface area contributed by atoms with Gasteiger partial charge >= 0.3 is 0 Å². The molecule has 0 radical (unpaired) electrons. The molecule has 0 aliphatic heterocycles. The van der Waals surface area contributed by atoms with E-state index in [1.54, 1.807) is 12.3 Å². The summed E-state index contributed by atoms with van der Waals surface area (Å²) in [7, 11) is 0. The van der Waals surface area contributed by atoms with Crippen LogP contribution in [0, 0.1) is 5.41 Å². The molecule has 0 fully saturated rings. The number of benzene rings is 1. The molecule has 0 bridgehead atoms. The summed E-state index contributed by atoms with van der Waals surface area (Å²) in [5.74, 6) is 0. The van der Waals surface area contributed by atoms with Gasteiger partial charge in [-0.15, -0.1) is 0 Å². The Kier molecular flexibility index (Phi) is 2.58. The molecule has 1 aromatic carbocycles. The summed E-state index contributed by atoms with van der Waals surface area (Å²) < 4.78 is 0. The molecule has 3 nitrogen and oxygen atoms in total. The Labute approximate surface area is 71.4 Å². The molecule has 0 aliphatic carbocycles. The predicted molar refractivity (Wildman–Crippen MR) is 52.6 cm³/mol. The molecule has 0 saturated carbocycles. The van der Waals surface area contributed by atoms with Gasteiger partial charge in [0.15, 0.2) is 0 Å². The van der Waals surface area contributed by atoms with Crippen LogP contribution < -0.4 is 5.73 Å². The van der Waals surface area contributed by atoms with Crippen molar-refractivity contribution in [2.24, 2.45) is 4.99 Å². The molecule has 12 heavy (non-hydrogen) atoms. The fourth-order valence-corrected chi connectivity index (χ4v) is 0.979. The summed E-state index contributed by atoms with van der Waals surface area (Å²) in [6, 6.07) is 5.41. The third kappa shape index (κ3) is 1.50. The van der Waals surface area contributed by atoms with Gasteiger partial charge in [0.1, 0.15) is 0 Å². The lowest BCUT2D eigenvalue weighted by Gasteiger charge is -2.01. The van der Waals surface area contributed by atoms with Crippen LogP contribution in [0.15, 0.2) is 23.2 Å². The number of nitrogens with two attached hydrogens (primary N) is 1. The summed E-state index contributed by atoms with van der Waals surface area (Å²) in [4.78, 5) is 4.08. The lowest BCUT2D eigenvalue weighted by molar-refractivity contribution is 1.48. The van der Waals surface area contributed by atoms with E-state index < -0.39 is 0 Å². The van der Waals surface area contributed by atoms with Crippen molar-refractivity contribution in [3.05, 3.63) is 23.8 Å². The first-order valence-corrected chi connectivity index (χ1v) is 3.67. The maximum Gasteiger partial charge on any atom is 0.0733 e. The Bertz CT molecular complexity index is 316. The normalized spacial score (nSPS) is 10.4. The van der Waals surface area contributed by atoms with E-state index in [2.05, 4.69) is 4.99 Å². The zero-order chi connectivity index (χ0) is 8.97. The summed E-state index contributed by atoms with van der Waals surface area (Å²) >= 11 is 0. The van der Waals surface area contributed by atoms with Crippen LogP contribution >= 0.6 is 0 Å². The van der Waals surface area contributed by atoms with Crippen LogP contribution in [0.2, 0.25) is 0 Å². The summed E-state index contributed by atoms with van der Waals surface area (Å²) in [6.07, 6.45) is 2.90. The third-order valence-electron chi connectivity index (χ3n) is 1.53. The zero-order valence-electron chi connectivity index (χ0n) is 6.91. The van der Waals surface area contributed by atoms with Crippen molar-refractivity contribution in [2.75, 3.05) is 5.73 Å². The molecule has 0 amide bonds. The van der Waals surface area contributed by atoms with Crippen molar-refractivity contribution in [2.45, 2.75) is 6.92 Å². The Morgan fingerprint density at radius 2 is 2.25 bits per heavy atom. The van der Waals surface area contributed by atoms with E-state index in [9.17, 15) is 0 Å². The van der Waals surface area contributed by atoms with Crippen LogP contribution in [-0.4, -0.2) is 12.4 Å². The van der Waals surface area contributed by atoms with E-state index in [-0.39, 0.29) is 0 Å². The molecule has 1 rings (SSSR count). The average molecular weight is 161 g/mol. The molecule has 0 saturated heterocycles. The van der Waals surface area contributed by atoms with Crippen molar-refractivity contribution in [3.63, 3.8) is 0 Å². The minimum Gasteiger partial charge on any atom is -0.398 e. The first-order valence-electron chi connectivity index (χ1n) is 3.67. The van der Waals surface area contributed by atoms with Crippen LogP contribution in [-0.2, 0) is 0 Å². The average Bonchev–Trinajstić information content (AvgIpc) is 2.05. The Balaban J connectivity index is 3.27. The fraction of sp³-hybridized carbons (Fsp3) is 0.111. The van der Waals surface area contributed by atoms with E-state index in [1.165, 1.54) is 6.21 Å². The molecule has 0 atom stereocenters. The predicted octanol–water partition coefficient (Wildman–Crippen LogP) is 1.99. The highest BCUT2D eigenvalue weighted by atomic mass is 14.7. The lowest BCUT2D eigenvalue weighted by Crippen LogP contribution is -1.92. The van der Waals surface area contributed by atoms with Crippen molar-refractivity contribution in [1.82, 2.24) is 0 Å². The lowest BCUT2D eigenvalue weighted by atomic mass is 10.1. The van der Waals surface area contributed by atoms with E-state index in [0.29, 0.717) is 11.3 Å². The number of anilines is 1. The fourth-order valence-electron chi connectivity index (χ4n) is 0.979. The highest BCUT2D eigenvalue weighted by molar-refractivity contribution is 5.92. The van der Waals surface area contributed by atoms with Crippen LogP contribution in [0.3, 0.4) is 0 Å². The van der Waals surface area contributed by atoms with Crippen LogP contribution in [0.5, 0.6) is 0 Å². The van der Waals surface area contributed by atoms with Gasteiger partial charge in [-0.1, -0.05) is 6.07 Å². The standard InChI is InChI=1S/C9H11N3/c1-2-12-9-5-3-4-8(11)7(9)6-10/h2-6,10H,11H2,1H3/b10-6?,12-2-. The van der Waals surface area contributed by atoms with E-state index in [4.69, 9.17) is 11.1 Å². The molecular formula is C9H11N3. The molecule has 0 spiro atoms. The molecule has 0 aromatic heterocycles. The summed E-state index contributed by atoms with van der Waals surface area (Å²) in [6.45, 7) is 1.83. The Hall–Kier alpha value is -1.64. The molecule has 3 heteroatoms. The highest BCUT2D eigenvalue weighted by Gasteiger charge is 1.99. The number of hydrogen-bond acceptors (Lipinski definition) is 3. The monoisotopic (exact) mass is 161 g/mol. The molecular weight excluding hydrogens is 150 g/mol. The number of nitrogens with zero attached hydrogens (tertiary/aromatic N) is 1. The van der Waals surface area contributed by atoms with Gasteiger partial charge in [0.25, 0.3) is 0 Å². The first kappa shape index (κ1) is 8.46. The van der Waals surface area contributed by atoms with Crippen LogP contribution in [0.1, 0.15) is 12.5 Å². The summed E-state index contributed by atoms with van der Waals surface area (Å²) in [5.41, 5.74) is 7.65. The second-order valence-corrected chi connectivity index (χ2v) is 2.31. The Morgan fingerprint density at radius 1 is 1.50 bits per heavy atom. The largest absolute Gasteiger partial charge is 0.398 e. The SMILES string of the molecule is C/C=N\c1cccc(N)c1C=N. The third-order valence-corrected chi connectivity index (χ3v) is 1.53. The van der Waals surface area contributed by atoms with Crippen LogP contribution in [0.4, 0.5) is 11.4 Å². The number of aliphatic imine (C=N–C) groups is 1. The highest BCUT2D eigenvalue weighted by Crippen LogP contribution is 2.21. The maximum absolute atomic E-state index is 7.12. The second-order valence-electron chi connectivity index (χ2n) is 2.31. The van der Waals surface area contributed by atoms with Crippen molar-refractivity contribution < 1.29 is 0 Å². The zero-order valence-corrected chi connectivity index (χ0v) is 6.91. The molecule has 0 heterocycles.